The molecular weight excluding hydrogens is 300 g/mol. The van der Waals surface area contributed by atoms with E-state index in [0.717, 1.165) is 13.1 Å². The fourth-order valence-corrected chi connectivity index (χ4v) is 4.69. The molecule has 0 aliphatic carbocycles. The van der Waals surface area contributed by atoms with Crippen LogP contribution in [-0.4, -0.2) is 31.1 Å². The minimum absolute atomic E-state index is 1.02. The molecule has 0 atom stereocenters. The topological polar surface area (TPSA) is 6.48 Å². The van der Waals surface area contributed by atoms with Crippen molar-refractivity contribution in [2.24, 2.45) is 0 Å². The van der Waals surface area contributed by atoms with Crippen LogP contribution in [0.2, 0.25) is 0 Å². The Hall–Kier alpha value is -1.45. The molecule has 2 nitrogen and oxygen atoms in total. The first-order chi connectivity index (χ1) is 11.4. The van der Waals surface area contributed by atoms with Gasteiger partial charge >= 0.3 is 0 Å². The van der Waals surface area contributed by atoms with Crippen molar-refractivity contribution in [3.63, 3.8) is 0 Å². The van der Waals surface area contributed by atoms with Crippen molar-refractivity contribution in [1.29, 1.82) is 0 Å². The first kappa shape index (κ1) is 15.1. The molecule has 1 saturated heterocycles. The number of fused-ring (bicyclic) bond motifs is 2. The third-order valence-corrected chi connectivity index (χ3v) is 6.08. The quantitative estimate of drug-likeness (QED) is 0.812. The van der Waals surface area contributed by atoms with Crippen molar-refractivity contribution in [2.45, 2.75) is 35.6 Å². The van der Waals surface area contributed by atoms with Crippen molar-refractivity contribution in [3.8, 4) is 0 Å². The van der Waals surface area contributed by atoms with Gasteiger partial charge in [-0.15, -0.1) is 0 Å². The molecule has 0 spiro atoms. The molecule has 2 heterocycles. The number of para-hydroxylation sites is 1. The van der Waals surface area contributed by atoms with Crippen LogP contribution >= 0.6 is 11.8 Å². The zero-order valence-corrected chi connectivity index (χ0v) is 14.4. The first-order valence-corrected chi connectivity index (χ1v) is 9.54. The summed E-state index contributed by atoms with van der Waals surface area (Å²) >= 11 is 1.91. The van der Waals surface area contributed by atoms with Crippen LogP contribution < -0.4 is 4.90 Å². The first-order valence-electron chi connectivity index (χ1n) is 8.72. The van der Waals surface area contributed by atoms with E-state index in [2.05, 4.69) is 58.3 Å². The van der Waals surface area contributed by atoms with E-state index in [1.54, 1.807) is 0 Å². The highest BCUT2D eigenvalue weighted by molar-refractivity contribution is 7.99. The summed E-state index contributed by atoms with van der Waals surface area (Å²) in [6.45, 7) is 5.88. The maximum Gasteiger partial charge on any atom is 0.0511 e. The van der Waals surface area contributed by atoms with E-state index >= 15 is 0 Å². The number of nitrogens with zero attached hydrogens (tertiary/aromatic N) is 2. The van der Waals surface area contributed by atoms with Gasteiger partial charge in [-0.3, -0.25) is 0 Å². The predicted octanol–water partition coefficient (Wildman–Crippen LogP) is 4.64. The maximum atomic E-state index is 2.63. The van der Waals surface area contributed by atoms with Crippen LogP contribution in [0.4, 0.5) is 5.69 Å². The molecule has 120 valence electrons. The fourth-order valence-electron chi connectivity index (χ4n) is 3.59. The predicted molar refractivity (Wildman–Crippen MR) is 98.3 cm³/mol. The number of hydrogen-bond donors (Lipinski definition) is 0. The summed E-state index contributed by atoms with van der Waals surface area (Å²) in [5, 5.41) is 0. The van der Waals surface area contributed by atoms with Gasteiger partial charge in [-0.05, 0) is 49.7 Å². The zero-order chi connectivity index (χ0) is 15.5. The van der Waals surface area contributed by atoms with Crippen molar-refractivity contribution in [3.05, 3.63) is 54.1 Å². The van der Waals surface area contributed by atoms with Crippen molar-refractivity contribution >= 4 is 17.4 Å². The van der Waals surface area contributed by atoms with Crippen LogP contribution in [0, 0.1) is 0 Å². The van der Waals surface area contributed by atoms with Gasteiger partial charge in [0.2, 0.25) is 0 Å². The standard InChI is InChI=1S/C20H24N2S/c1-6-12-21(13-7-1)14-15-22-16-17-8-2-4-10-19(17)23-20-11-5-3-9-18(20)22/h2-5,8-11H,1,6-7,12-16H2. The number of piperidine rings is 1. The second kappa shape index (κ2) is 6.98. The SMILES string of the molecule is c1ccc2c(c1)CN(CCN1CCCCC1)c1ccccc1S2. The molecule has 0 radical (unpaired) electrons. The van der Waals surface area contributed by atoms with E-state index in [1.165, 1.54) is 59.9 Å². The highest BCUT2D eigenvalue weighted by Crippen LogP contribution is 2.40. The molecule has 1 fully saturated rings. The molecule has 0 bridgehead atoms. The summed E-state index contributed by atoms with van der Waals surface area (Å²) < 4.78 is 0. The van der Waals surface area contributed by atoms with Crippen LogP contribution in [0.3, 0.4) is 0 Å². The van der Waals surface area contributed by atoms with Crippen molar-refractivity contribution in [1.82, 2.24) is 4.90 Å². The van der Waals surface area contributed by atoms with Crippen LogP contribution in [0.25, 0.3) is 0 Å². The molecular formula is C20H24N2S. The lowest BCUT2D eigenvalue weighted by atomic mass is 10.1. The van der Waals surface area contributed by atoms with Gasteiger partial charge in [-0.2, -0.15) is 0 Å². The lowest BCUT2D eigenvalue weighted by Crippen LogP contribution is -2.37. The molecule has 0 aromatic heterocycles. The average Bonchev–Trinajstić information content (AvgIpc) is 2.77. The number of anilines is 1. The molecule has 23 heavy (non-hydrogen) atoms. The molecule has 0 N–H and O–H groups in total. The van der Waals surface area contributed by atoms with Gasteiger partial charge < -0.3 is 9.80 Å². The van der Waals surface area contributed by atoms with Gasteiger partial charge in [0.15, 0.2) is 0 Å². The van der Waals surface area contributed by atoms with Gasteiger partial charge in [0.25, 0.3) is 0 Å². The normalized spacial score (nSPS) is 18.2. The lowest BCUT2D eigenvalue weighted by Gasteiger charge is -2.31. The largest absolute Gasteiger partial charge is 0.365 e. The van der Waals surface area contributed by atoms with Crippen molar-refractivity contribution < 1.29 is 0 Å². The van der Waals surface area contributed by atoms with E-state index in [1.807, 2.05) is 11.8 Å². The van der Waals surface area contributed by atoms with Crippen LogP contribution in [-0.2, 0) is 6.54 Å². The average molecular weight is 324 g/mol. The van der Waals surface area contributed by atoms with Gasteiger partial charge in [-0.1, -0.05) is 48.5 Å². The molecule has 0 unspecified atom stereocenters. The van der Waals surface area contributed by atoms with Gasteiger partial charge in [-0.25, -0.2) is 0 Å². The summed E-state index contributed by atoms with van der Waals surface area (Å²) in [5.41, 5.74) is 2.85. The van der Waals surface area contributed by atoms with Crippen LogP contribution in [0.1, 0.15) is 24.8 Å². The number of benzene rings is 2. The Morgan fingerprint density at radius 3 is 2.39 bits per heavy atom. The minimum atomic E-state index is 1.02. The fraction of sp³-hybridized carbons (Fsp3) is 0.400. The molecule has 3 heteroatoms. The van der Waals surface area contributed by atoms with Crippen molar-refractivity contribution in [2.75, 3.05) is 31.1 Å². The number of likely N-dealkylation sites (tertiary alicyclic amines) is 1. The van der Waals surface area contributed by atoms with Gasteiger partial charge in [0.1, 0.15) is 0 Å². The summed E-state index contributed by atoms with van der Waals surface area (Å²) in [7, 11) is 0. The molecule has 2 aromatic carbocycles. The zero-order valence-electron chi connectivity index (χ0n) is 13.6. The molecule has 0 amide bonds. The summed E-state index contributed by atoms with van der Waals surface area (Å²) in [5.74, 6) is 0. The second-order valence-electron chi connectivity index (χ2n) is 6.50. The Morgan fingerprint density at radius 2 is 1.52 bits per heavy atom. The van der Waals surface area contributed by atoms with E-state index in [4.69, 9.17) is 0 Å². The monoisotopic (exact) mass is 324 g/mol. The molecule has 4 rings (SSSR count). The molecule has 2 aromatic rings. The second-order valence-corrected chi connectivity index (χ2v) is 7.59. The summed E-state index contributed by atoms with van der Waals surface area (Å²) in [4.78, 5) is 8.00. The van der Waals surface area contributed by atoms with Gasteiger partial charge in [0.05, 0.1) is 5.69 Å². The smallest absolute Gasteiger partial charge is 0.0511 e. The van der Waals surface area contributed by atoms with E-state index in [9.17, 15) is 0 Å². The highest BCUT2D eigenvalue weighted by atomic mass is 32.2. The summed E-state index contributed by atoms with van der Waals surface area (Å²) in [6, 6.07) is 17.7. The number of hydrogen-bond acceptors (Lipinski definition) is 3. The highest BCUT2D eigenvalue weighted by Gasteiger charge is 2.20. The van der Waals surface area contributed by atoms with E-state index in [0.29, 0.717) is 0 Å². The molecule has 0 saturated carbocycles. The van der Waals surface area contributed by atoms with E-state index in [-0.39, 0.29) is 0 Å². The maximum absolute atomic E-state index is 2.63. The van der Waals surface area contributed by atoms with Crippen LogP contribution in [0.15, 0.2) is 58.3 Å². The molecule has 2 aliphatic rings. The Morgan fingerprint density at radius 1 is 0.783 bits per heavy atom. The van der Waals surface area contributed by atoms with E-state index < -0.39 is 0 Å². The minimum Gasteiger partial charge on any atom is -0.365 e. The van der Waals surface area contributed by atoms with Gasteiger partial charge in [0, 0.05) is 29.4 Å². The van der Waals surface area contributed by atoms with Crippen LogP contribution in [0.5, 0.6) is 0 Å². The Kier molecular flexibility index (Phi) is 4.58. The third kappa shape index (κ3) is 3.41. The summed E-state index contributed by atoms with van der Waals surface area (Å²) in [6.07, 6.45) is 4.15. The Bertz CT molecular complexity index is 664. The third-order valence-electron chi connectivity index (χ3n) is 4.89. The Labute approximate surface area is 143 Å². The number of rotatable bonds is 3. The lowest BCUT2D eigenvalue weighted by molar-refractivity contribution is 0.233. The molecule has 2 aliphatic heterocycles. The Balaban J connectivity index is 1.57.